The maximum absolute atomic E-state index is 11.9. The van der Waals surface area contributed by atoms with Crippen molar-refractivity contribution in [3.8, 4) is 0 Å². The first kappa shape index (κ1) is 15.8. The maximum Gasteiger partial charge on any atom is 0.338 e. The van der Waals surface area contributed by atoms with Gasteiger partial charge in [-0.15, -0.1) is 0 Å². The molecule has 8 heteroatoms. The molecule has 1 aromatic rings. The molecule has 1 amide bonds. The SMILES string of the molecule is COC(=O)c1ccc(N2CC(S(=O)(=O)Cl)CC2=O)cc1C. The van der Waals surface area contributed by atoms with E-state index in [0.29, 0.717) is 16.8 Å². The molecule has 0 saturated carbocycles. The van der Waals surface area contributed by atoms with E-state index >= 15 is 0 Å². The fourth-order valence-corrected chi connectivity index (χ4v) is 3.29. The molecule has 1 unspecified atom stereocenters. The third-order valence-electron chi connectivity index (χ3n) is 3.41. The number of carbonyl (C=O) groups excluding carboxylic acids is 2. The summed E-state index contributed by atoms with van der Waals surface area (Å²) in [5.74, 6) is -0.776. The smallest absolute Gasteiger partial charge is 0.338 e. The summed E-state index contributed by atoms with van der Waals surface area (Å²) in [4.78, 5) is 24.8. The van der Waals surface area contributed by atoms with Crippen molar-refractivity contribution in [1.82, 2.24) is 0 Å². The molecule has 1 aromatic carbocycles. The average molecular weight is 332 g/mol. The normalized spacial score (nSPS) is 18.9. The van der Waals surface area contributed by atoms with E-state index in [0.717, 1.165) is 0 Å². The number of ether oxygens (including phenoxy) is 1. The Hall–Kier alpha value is -1.60. The first-order chi connectivity index (χ1) is 9.74. The second kappa shape index (κ2) is 5.65. The van der Waals surface area contributed by atoms with Crippen LogP contribution in [0.5, 0.6) is 0 Å². The molecule has 114 valence electrons. The molecule has 1 saturated heterocycles. The van der Waals surface area contributed by atoms with Crippen LogP contribution in [0.3, 0.4) is 0 Å². The highest BCUT2D eigenvalue weighted by molar-refractivity contribution is 8.14. The number of anilines is 1. The van der Waals surface area contributed by atoms with Crippen LogP contribution < -0.4 is 4.90 Å². The summed E-state index contributed by atoms with van der Waals surface area (Å²) in [7, 11) is 2.82. The van der Waals surface area contributed by atoms with Crippen LogP contribution in [-0.4, -0.2) is 39.2 Å². The molecule has 0 aliphatic carbocycles. The molecule has 1 heterocycles. The lowest BCUT2D eigenvalue weighted by atomic mass is 10.1. The van der Waals surface area contributed by atoms with Crippen molar-refractivity contribution in [1.29, 1.82) is 0 Å². The summed E-state index contributed by atoms with van der Waals surface area (Å²) in [6.45, 7) is 1.73. The summed E-state index contributed by atoms with van der Waals surface area (Å²) in [6.07, 6.45) is -0.135. The van der Waals surface area contributed by atoms with Crippen LogP contribution in [0, 0.1) is 6.92 Å². The van der Waals surface area contributed by atoms with Gasteiger partial charge in [0.1, 0.15) is 5.25 Å². The second-order valence-electron chi connectivity index (χ2n) is 4.80. The number of aryl methyl sites for hydroxylation is 1. The third-order valence-corrected chi connectivity index (χ3v) is 5.28. The van der Waals surface area contributed by atoms with E-state index in [1.807, 2.05) is 0 Å². The van der Waals surface area contributed by atoms with Gasteiger partial charge in [0, 0.05) is 29.3 Å². The number of benzene rings is 1. The Balaban J connectivity index is 2.30. The minimum atomic E-state index is -3.78. The highest BCUT2D eigenvalue weighted by Gasteiger charge is 2.38. The Bertz CT molecular complexity index is 701. The van der Waals surface area contributed by atoms with Gasteiger partial charge in [0.25, 0.3) is 0 Å². The Morgan fingerprint density at radius 1 is 1.43 bits per heavy atom. The summed E-state index contributed by atoms with van der Waals surface area (Å²) in [6, 6.07) is 4.78. The number of rotatable bonds is 3. The molecule has 1 aliphatic rings. The first-order valence-corrected chi connectivity index (χ1v) is 8.54. The van der Waals surface area contributed by atoms with Gasteiger partial charge in [-0.1, -0.05) is 0 Å². The number of amides is 1. The van der Waals surface area contributed by atoms with Gasteiger partial charge < -0.3 is 9.64 Å². The van der Waals surface area contributed by atoms with Gasteiger partial charge in [-0.3, -0.25) is 4.79 Å². The van der Waals surface area contributed by atoms with E-state index in [4.69, 9.17) is 10.7 Å². The lowest BCUT2D eigenvalue weighted by Gasteiger charge is -2.17. The van der Waals surface area contributed by atoms with Gasteiger partial charge in [0.2, 0.25) is 15.0 Å². The summed E-state index contributed by atoms with van der Waals surface area (Å²) >= 11 is 0. The second-order valence-corrected chi connectivity index (χ2v) is 7.71. The molecule has 1 aliphatic heterocycles. The van der Waals surface area contributed by atoms with Gasteiger partial charge in [-0.05, 0) is 30.7 Å². The zero-order valence-corrected chi connectivity index (χ0v) is 13.1. The standard InChI is InChI=1S/C13H14ClNO5S/c1-8-5-9(3-4-11(8)13(17)20-2)15-7-10(6-12(15)16)21(14,18)19/h3-5,10H,6-7H2,1-2H3. The van der Waals surface area contributed by atoms with Crippen LogP contribution in [0.2, 0.25) is 0 Å². The van der Waals surface area contributed by atoms with Gasteiger partial charge >= 0.3 is 5.97 Å². The van der Waals surface area contributed by atoms with Gasteiger partial charge in [0.15, 0.2) is 0 Å². The highest BCUT2D eigenvalue weighted by atomic mass is 35.7. The number of nitrogens with zero attached hydrogens (tertiary/aromatic N) is 1. The van der Waals surface area contributed by atoms with Crippen molar-refractivity contribution in [3.63, 3.8) is 0 Å². The largest absolute Gasteiger partial charge is 0.465 e. The molecule has 0 aromatic heterocycles. The summed E-state index contributed by atoms with van der Waals surface area (Å²) in [5, 5.41) is -0.910. The average Bonchev–Trinajstić information content (AvgIpc) is 2.80. The topological polar surface area (TPSA) is 80.8 Å². The molecule has 0 spiro atoms. The monoisotopic (exact) mass is 331 g/mol. The molecule has 6 nitrogen and oxygen atoms in total. The Morgan fingerprint density at radius 3 is 2.57 bits per heavy atom. The Morgan fingerprint density at radius 2 is 2.10 bits per heavy atom. The molecule has 0 radical (unpaired) electrons. The van der Waals surface area contributed by atoms with Crippen LogP contribution in [0.15, 0.2) is 18.2 Å². The van der Waals surface area contributed by atoms with Crippen LogP contribution in [-0.2, 0) is 18.6 Å². The van der Waals surface area contributed by atoms with Crippen molar-refractivity contribution in [2.24, 2.45) is 0 Å². The van der Waals surface area contributed by atoms with Crippen LogP contribution in [0.25, 0.3) is 0 Å². The zero-order chi connectivity index (χ0) is 15.8. The van der Waals surface area contributed by atoms with Crippen molar-refractivity contribution in [2.75, 3.05) is 18.6 Å². The van der Waals surface area contributed by atoms with E-state index in [1.165, 1.54) is 12.0 Å². The summed E-state index contributed by atoms with van der Waals surface area (Å²) in [5.41, 5.74) is 1.58. The molecule has 0 N–H and O–H groups in total. The fraction of sp³-hybridized carbons (Fsp3) is 0.385. The minimum absolute atomic E-state index is 0.0156. The van der Waals surface area contributed by atoms with Crippen LogP contribution in [0.1, 0.15) is 22.3 Å². The lowest BCUT2D eigenvalue weighted by molar-refractivity contribution is -0.117. The van der Waals surface area contributed by atoms with E-state index < -0.39 is 20.3 Å². The number of methoxy groups -OCH3 is 1. The van der Waals surface area contributed by atoms with Crippen LogP contribution in [0.4, 0.5) is 5.69 Å². The minimum Gasteiger partial charge on any atom is -0.465 e. The fourth-order valence-electron chi connectivity index (χ4n) is 2.27. The van der Waals surface area contributed by atoms with Gasteiger partial charge in [0.05, 0.1) is 12.7 Å². The van der Waals surface area contributed by atoms with Crippen LogP contribution >= 0.6 is 10.7 Å². The third kappa shape index (κ3) is 3.19. The quantitative estimate of drug-likeness (QED) is 0.618. The van der Waals surface area contributed by atoms with E-state index in [-0.39, 0.29) is 18.9 Å². The summed E-state index contributed by atoms with van der Waals surface area (Å²) < 4.78 is 27.3. The maximum atomic E-state index is 11.9. The molecule has 1 fully saturated rings. The van der Waals surface area contributed by atoms with Gasteiger partial charge in [-0.2, -0.15) is 0 Å². The van der Waals surface area contributed by atoms with Crippen molar-refractivity contribution >= 4 is 37.3 Å². The molecule has 21 heavy (non-hydrogen) atoms. The van der Waals surface area contributed by atoms with Crippen molar-refractivity contribution in [3.05, 3.63) is 29.3 Å². The lowest BCUT2D eigenvalue weighted by Crippen LogP contribution is -2.26. The molecule has 2 rings (SSSR count). The van der Waals surface area contributed by atoms with Gasteiger partial charge in [-0.25, -0.2) is 13.2 Å². The predicted molar refractivity (Wildman–Crippen MR) is 78.0 cm³/mol. The zero-order valence-electron chi connectivity index (χ0n) is 11.5. The van der Waals surface area contributed by atoms with Crippen molar-refractivity contribution < 1.29 is 22.7 Å². The molecule has 0 bridgehead atoms. The molecule has 1 atom stereocenters. The Kier molecular flexibility index (Phi) is 4.25. The molecular formula is C13H14ClNO5S. The van der Waals surface area contributed by atoms with E-state index in [1.54, 1.807) is 25.1 Å². The number of halogens is 1. The number of esters is 1. The number of hydrogen-bond acceptors (Lipinski definition) is 5. The van der Waals surface area contributed by atoms with E-state index in [9.17, 15) is 18.0 Å². The van der Waals surface area contributed by atoms with Crippen molar-refractivity contribution in [2.45, 2.75) is 18.6 Å². The Labute approximate surface area is 127 Å². The first-order valence-electron chi connectivity index (χ1n) is 6.17. The predicted octanol–water partition coefficient (Wildman–Crippen LogP) is 1.46. The highest BCUT2D eigenvalue weighted by Crippen LogP contribution is 2.28. The number of carbonyl (C=O) groups is 2. The molecular weight excluding hydrogens is 318 g/mol. The number of hydrogen-bond donors (Lipinski definition) is 0. The van der Waals surface area contributed by atoms with E-state index in [2.05, 4.69) is 4.74 Å².